The number of nitrogens with zero attached hydrogens (tertiary/aromatic N) is 3. The zero-order chi connectivity index (χ0) is 36.4. The van der Waals surface area contributed by atoms with Gasteiger partial charge in [-0.2, -0.15) is 0 Å². The van der Waals surface area contributed by atoms with Crippen molar-refractivity contribution < 1.29 is 19.2 Å². The number of likely N-dealkylation sites (tertiary alicyclic amines) is 1. The van der Waals surface area contributed by atoms with E-state index in [1.165, 1.54) is 18.6 Å². The van der Waals surface area contributed by atoms with Gasteiger partial charge < -0.3 is 20.3 Å². The van der Waals surface area contributed by atoms with E-state index in [-0.39, 0.29) is 41.2 Å². The maximum Gasteiger partial charge on any atom is 0.270 e. The fourth-order valence-electron chi connectivity index (χ4n) is 9.10. The van der Waals surface area contributed by atoms with Gasteiger partial charge in [0.1, 0.15) is 5.75 Å². The van der Waals surface area contributed by atoms with E-state index in [1.807, 2.05) is 67.5 Å². The predicted octanol–water partition coefficient (Wildman–Crippen LogP) is 6.32. The third kappa shape index (κ3) is 7.82. The maximum atomic E-state index is 13.7. The van der Waals surface area contributed by atoms with Gasteiger partial charge >= 0.3 is 0 Å². The highest BCUT2D eigenvalue weighted by Gasteiger charge is 2.56. The summed E-state index contributed by atoms with van der Waals surface area (Å²) in [6.45, 7) is 8.94. The van der Waals surface area contributed by atoms with Crippen molar-refractivity contribution >= 4 is 17.5 Å². The molecule has 0 radical (unpaired) electrons. The molecule has 3 aliphatic carbocycles. The maximum absolute atomic E-state index is 13.7. The first kappa shape index (κ1) is 36.5. The molecule has 6 atom stereocenters. The Morgan fingerprint density at radius 2 is 1.84 bits per heavy atom. The van der Waals surface area contributed by atoms with Crippen molar-refractivity contribution in [3.8, 4) is 16.9 Å². The fourth-order valence-corrected chi connectivity index (χ4v) is 9.10. The summed E-state index contributed by atoms with van der Waals surface area (Å²) in [6.07, 6.45) is 4.67. The van der Waals surface area contributed by atoms with Crippen LogP contribution in [0.15, 0.2) is 66.7 Å². The van der Waals surface area contributed by atoms with Crippen LogP contribution in [0.4, 0.5) is 5.69 Å². The molecule has 1 heterocycles. The number of nitrogens with one attached hydrogen (secondary N) is 2. The van der Waals surface area contributed by atoms with Gasteiger partial charge in [0.15, 0.2) is 0 Å². The predicted molar refractivity (Wildman–Crippen MR) is 200 cm³/mol. The molecular weight excluding hydrogens is 642 g/mol. The minimum Gasteiger partial charge on any atom is -0.496 e. The van der Waals surface area contributed by atoms with Crippen LogP contribution >= 0.6 is 0 Å². The zero-order valence-electron chi connectivity index (χ0n) is 30.9. The Bertz CT molecular complexity index is 1740. The van der Waals surface area contributed by atoms with Crippen LogP contribution in [0.25, 0.3) is 11.1 Å². The van der Waals surface area contributed by atoms with Crippen LogP contribution < -0.4 is 15.4 Å². The molecule has 1 unspecified atom stereocenters. The summed E-state index contributed by atoms with van der Waals surface area (Å²) < 4.78 is 5.98. The van der Waals surface area contributed by atoms with Gasteiger partial charge in [-0.3, -0.25) is 24.6 Å². The monoisotopic (exact) mass is 695 g/mol. The van der Waals surface area contributed by atoms with Crippen molar-refractivity contribution in [1.29, 1.82) is 0 Å². The number of benzene rings is 3. The first-order valence-electron chi connectivity index (χ1n) is 18.3. The summed E-state index contributed by atoms with van der Waals surface area (Å²) in [6, 6.07) is 20.0. The molecule has 10 heteroatoms. The number of rotatable bonds is 13. The number of nitro groups is 1. The second-order valence-electron chi connectivity index (χ2n) is 15.8. The second-order valence-corrected chi connectivity index (χ2v) is 15.8. The minimum absolute atomic E-state index is 0.104. The van der Waals surface area contributed by atoms with Crippen molar-refractivity contribution in [2.24, 2.45) is 23.2 Å². The van der Waals surface area contributed by atoms with Crippen LogP contribution in [0.5, 0.6) is 5.75 Å². The van der Waals surface area contributed by atoms with E-state index in [0.717, 1.165) is 36.9 Å². The lowest BCUT2D eigenvalue weighted by molar-refractivity contribution is -0.384. The smallest absolute Gasteiger partial charge is 0.270 e. The van der Waals surface area contributed by atoms with Crippen molar-refractivity contribution in [2.75, 3.05) is 34.3 Å². The average Bonchev–Trinajstić information content (AvgIpc) is 3.57. The summed E-state index contributed by atoms with van der Waals surface area (Å²) in [5, 5.41) is 18.7. The molecule has 0 aromatic heterocycles. The molecule has 3 aromatic carbocycles. The third-order valence-corrected chi connectivity index (χ3v) is 12.0. The van der Waals surface area contributed by atoms with E-state index >= 15 is 0 Å². The van der Waals surface area contributed by atoms with Crippen molar-refractivity contribution in [2.45, 2.75) is 77.5 Å². The summed E-state index contributed by atoms with van der Waals surface area (Å²) in [7, 11) is 5.49. The Kier molecular flexibility index (Phi) is 10.8. The molecule has 1 saturated heterocycles. The molecule has 3 aromatic rings. The standard InChI is InChI=1S/C41H53N5O5/c1-26-35-22-31(41(35,2)3)23-36(26)43-40(48)37-16-11-17-45(37)24-28-14-10-15-34(38(28)51-6)29-19-30(21-33(20-29)46(49)50)39(47)42-32(25-44(4)5)18-27-12-8-7-9-13-27/h7-10,12-15,19-21,26,31-32,35-37H,11,16-18,22-25H2,1-6H3,(H,42,47)(H,43,48)/t26-,31+,32-,35?,36-,37-/m0/s1. The molecule has 1 aliphatic heterocycles. The lowest BCUT2D eigenvalue weighted by Gasteiger charge is -2.62. The third-order valence-electron chi connectivity index (χ3n) is 12.0. The van der Waals surface area contributed by atoms with E-state index in [4.69, 9.17) is 4.74 Å². The number of non-ortho nitro benzene ring substituents is 1. The molecule has 51 heavy (non-hydrogen) atoms. The number of hydrogen-bond donors (Lipinski definition) is 2. The van der Waals surface area contributed by atoms with E-state index in [2.05, 4.69) is 36.3 Å². The van der Waals surface area contributed by atoms with Crippen LogP contribution in [0.2, 0.25) is 0 Å². The number of carbonyl (C=O) groups is 2. The quantitative estimate of drug-likeness (QED) is 0.159. The van der Waals surface area contributed by atoms with Crippen LogP contribution in [0.1, 0.15) is 67.9 Å². The number of hydrogen-bond acceptors (Lipinski definition) is 7. The number of para-hydroxylation sites is 1. The summed E-state index contributed by atoms with van der Waals surface area (Å²) in [4.78, 5) is 43.4. The lowest BCUT2D eigenvalue weighted by atomic mass is 9.45. The Morgan fingerprint density at radius 3 is 2.51 bits per heavy atom. The van der Waals surface area contributed by atoms with Gasteiger partial charge in [-0.1, -0.05) is 69.3 Å². The fraction of sp³-hybridized carbons (Fsp3) is 0.512. The Balaban J connectivity index is 1.21. The van der Waals surface area contributed by atoms with Crippen LogP contribution in [0.3, 0.4) is 0 Å². The topological polar surface area (TPSA) is 117 Å². The summed E-state index contributed by atoms with van der Waals surface area (Å²) >= 11 is 0. The molecule has 272 valence electrons. The highest BCUT2D eigenvalue weighted by Crippen LogP contribution is 2.61. The number of fused-ring (bicyclic) bond motifs is 2. The number of methoxy groups -OCH3 is 1. The molecule has 0 spiro atoms. The van der Waals surface area contributed by atoms with Crippen LogP contribution in [-0.2, 0) is 17.8 Å². The highest BCUT2D eigenvalue weighted by atomic mass is 16.6. The average molecular weight is 696 g/mol. The number of carbonyl (C=O) groups excluding carboxylic acids is 2. The van der Waals surface area contributed by atoms with Crippen molar-refractivity contribution in [1.82, 2.24) is 20.4 Å². The van der Waals surface area contributed by atoms with E-state index in [9.17, 15) is 19.7 Å². The van der Waals surface area contributed by atoms with Gasteiger partial charge in [0.05, 0.1) is 18.1 Å². The molecule has 2 bridgehead atoms. The summed E-state index contributed by atoms with van der Waals surface area (Å²) in [5.41, 5.74) is 3.54. The Morgan fingerprint density at radius 1 is 1.08 bits per heavy atom. The van der Waals surface area contributed by atoms with Crippen LogP contribution in [0, 0.1) is 33.3 Å². The SMILES string of the molecule is COc1c(CN2CCC[C@H]2C(=O)N[C@H]2C[C@H]3CC([C@@H]2C)C3(C)C)cccc1-c1cc(C(=O)N[C@@H](Cc2ccccc2)CN(C)C)cc([N+](=O)[O-])c1. The number of nitro benzene ring substituents is 1. The summed E-state index contributed by atoms with van der Waals surface area (Å²) in [5.74, 6) is 2.09. The number of amides is 2. The van der Waals surface area contributed by atoms with E-state index in [1.54, 1.807) is 13.2 Å². The normalized spacial score (nSPS) is 24.4. The molecule has 4 fully saturated rings. The van der Waals surface area contributed by atoms with E-state index < -0.39 is 4.92 Å². The van der Waals surface area contributed by atoms with Crippen LogP contribution in [-0.4, -0.2) is 79.0 Å². The Labute approximate surface area is 302 Å². The number of likely N-dealkylation sites (N-methyl/N-ethyl adjacent to an activating group) is 1. The first-order chi connectivity index (χ1) is 24.3. The van der Waals surface area contributed by atoms with E-state index in [0.29, 0.717) is 59.6 Å². The van der Waals surface area contributed by atoms with Gasteiger partial charge in [0.2, 0.25) is 5.91 Å². The van der Waals surface area contributed by atoms with Gasteiger partial charge in [0, 0.05) is 54.0 Å². The molecule has 2 N–H and O–H groups in total. The Hall–Kier alpha value is -4.28. The molecule has 4 aliphatic rings. The zero-order valence-corrected chi connectivity index (χ0v) is 30.9. The number of ether oxygens (including phenoxy) is 1. The van der Waals surface area contributed by atoms with Crippen molar-refractivity contribution in [3.05, 3.63) is 93.5 Å². The van der Waals surface area contributed by atoms with Gasteiger partial charge in [-0.15, -0.1) is 0 Å². The van der Waals surface area contributed by atoms with Gasteiger partial charge in [0.25, 0.3) is 11.6 Å². The minimum atomic E-state index is -0.469. The first-order valence-corrected chi connectivity index (χ1v) is 18.3. The molecule has 7 rings (SSSR count). The molecule has 10 nitrogen and oxygen atoms in total. The molecular formula is C41H53N5O5. The highest BCUT2D eigenvalue weighted by molar-refractivity contribution is 5.97. The van der Waals surface area contributed by atoms with Gasteiger partial charge in [-0.25, -0.2) is 0 Å². The lowest BCUT2D eigenvalue weighted by Crippen LogP contribution is -2.61. The van der Waals surface area contributed by atoms with Gasteiger partial charge in [-0.05, 0) is 93.1 Å². The largest absolute Gasteiger partial charge is 0.496 e. The molecule has 2 amide bonds. The van der Waals surface area contributed by atoms with Crippen molar-refractivity contribution in [3.63, 3.8) is 0 Å². The second kappa shape index (κ2) is 15.1. The molecule has 3 saturated carbocycles.